The predicted molar refractivity (Wildman–Crippen MR) is 77.9 cm³/mol. The largest absolute Gasteiger partial charge is 0.310 e. The van der Waals surface area contributed by atoms with Gasteiger partial charge in [0.1, 0.15) is 0 Å². The summed E-state index contributed by atoms with van der Waals surface area (Å²) in [4.78, 5) is 0. The van der Waals surface area contributed by atoms with Crippen molar-refractivity contribution in [3.05, 3.63) is 33.4 Å². The van der Waals surface area contributed by atoms with E-state index in [-0.39, 0.29) is 0 Å². The Kier molecular flexibility index (Phi) is 4.92. The zero-order chi connectivity index (χ0) is 11.4. The van der Waals surface area contributed by atoms with Crippen molar-refractivity contribution in [3.63, 3.8) is 0 Å². The molecule has 1 fully saturated rings. The number of alkyl halides is 1. The van der Waals surface area contributed by atoms with Crippen LogP contribution in [0, 0.1) is 3.57 Å². The first-order valence-electron chi connectivity index (χ1n) is 5.86. The molecule has 0 saturated heterocycles. The van der Waals surface area contributed by atoms with Crippen molar-refractivity contribution in [2.45, 2.75) is 43.6 Å². The molecule has 0 atom stereocenters. The van der Waals surface area contributed by atoms with Gasteiger partial charge in [0.2, 0.25) is 0 Å². The molecule has 0 heterocycles. The Morgan fingerprint density at radius 3 is 2.38 bits per heavy atom. The first-order chi connectivity index (χ1) is 7.74. The first-order valence-corrected chi connectivity index (χ1v) is 7.37. The average molecular weight is 350 g/mol. The van der Waals surface area contributed by atoms with Gasteiger partial charge in [0.25, 0.3) is 0 Å². The fourth-order valence-corrected chi connectivity index (χ4v) is 2.73. The number of hydrogen-bond donors (Lipinski definition) is 1. The smallest absolute Gasteiger partial charge is 0.0337 e. The lowest BCUT2D eigenvalue weighted by molar-refractivity contribution is 0.376. The SMILES string of the molecule is ClC1CCC(NCc2ccc(I)cc2)CC1. The zero-order valence-corrected chi connectivity index (χ0v) is 12.2. The van der Waals surface area contributed by atoms with E-state index in [1.807, 2.05) is 0 Å². The molecule has 0 unspecified atom stereocenters. The zero-order valence-electron chi connectivity index (χ0n) is 9.26. The second-order valence-corrected chi connectivity index (χ2v) is 6.32. The third kappa shape index (κ3) is 3.90. The van der Waals surface area contributed by atoms with Crippen molar-refractivity contribution < 1.29 is 0 Å². The fraction of sp³-hybridized carbons (Fsp3) is 0.538. The van der Waals surface area contributed by atoms with Crippen LogP contribution in [0.25, 0.3) is 0 Å². The molecule has 1 saturated carbocycles. The van der Waals surface area contributed by atoms with Gasteiger partial charge in [-0.3, -0.25) is 0 Å². The Balaban J connectivity index is 1.77. The lowest BCUT2D eigenvalue weighted by atomic mass is 9.95. The lowest BCUT2D eigenvalue weighted by Crippen LogP contribution is -2.32. The maximum absolute atomic E-state index is 6.09. The van der Waals surface area contributed by atoms with E-state index in [1.165, 1.54) is 22.0 Å². The van der Waals surface area contributed by atoms with Gasteiger partial charge in [0, 0.05) is 21.5 Å². The van der Waals surface area contributed by atoms with Crippen LogP contribution in [0.5, 0.6) is 0 Å². The standard InChI is InChI=1S/C13H17ClIN/c14-11-3-7-13(8-4-11)16-9-10-1-5-12(15)6-2-10/h1-2,5-6,11,13,16H,3-4,7-9H2. The second-order valence-electron chi connectivity index (χ2n) is 4.46. The van der Waals surface area contributed by atoms with E-state index in [1.54, 1.807) is 0 Å². The molecule has 1 N–H and O–H groups in total. The Hall–Kier alpha value is 0.200. The number of halogens is 2. The number of rotatable bonds is 3. The molecule has 1 aliphatic carbocycles. The Labute approximate surface area is 116 Å². The van der Waals surface area contributed by atoms with Gasteiger partial charge in [-0.25, -0.2) is 0 Å². The highest BCUT2D eigenvalue weighted by Crippen LogP contribution is 2.23. The summed E-state index contributed by atoms with van der Waals surface area (Å²) in [6.07, 6.45) is 4.76. The van der Waals surface area contributed by atoms with Crippen LogP contribution in [0.3, 0.4) is 0 Å². The van der Waals surface area contributed by atoms with Crippen molar-refractivity contribution in [2.24, 2.45) is 0 Å². The summed E-state index contributed by atoms with van der Waals surface area (Å²) in [5.74, 6) is 0. The molecule has 1 aromatic rings. The third-order valence-corrected chi connectivity index (χ3v) is 4.32. The van der Waals surface area contributed by atoms with Crippen LogP contribution in [0.4, 0.5) is 0 Å². The van der Waals surface area contributed by atoms with E-state index in [9.17, 15) is 0 Å². The highest BCUT2D eigenvalue weighted by molar-refractivity contribution is 14.1. The van der Waals surface area contributed by atoms with Crippen LogP contribution in [-0.2, 0) is 6.54 Å². The summed E-state index contributed by atoms with van der Waals surface area (Å²) in [5.41, 5.74) is 1.37. The van der Waals surface area contributed by atoms with Crippen LogP contribution in [0.15, 0.2) is 24.3 Å². The van der Waals surface area contributed by atoms with Crippen LogP contribution in [-0.4, -0.2) is 11.4 Å². The molecule has 0 aromatic heterocycles. The molecule has 0 amide bonds. The van der Waals surface area contributed by atoms with Crippen molar-refractivity contribution in [2.75, 3.05) is 0 Å². The quantitative estimate of drug-likeness (QED) is 0.644. The van der Waals surface area contributed by atoms with Gasteiger partial charge in [-0.1, -0.05) is 12.1 Å². The fourth-order valence-electron chi connectivity index (χ4n) is 2.12. The van der Waals surface area contributed by atoms with Gasteiger partial charge in [-0.2, -0.15) is 0 Å². The molecular weight excluding hydrogens is 333 g/mol. The van der Waals surface area contributed by atoms with E-state index in [0.717, 1.165) is 19.4 Å². The summed E-state index contributed by atoms with van der Waals surface area (Å²) in [7, 11) is 0. The van der Waals surface area contributed by atoms with E-state index in [4.69, 9.17) is 11.6 Å². The summed E-state index contributed by atoms with van der Waals surface area (Å²) >= 11 is 8.42. The molecule has 88 valence electrons. The Morgan fingerprint density at radius 1 is 1.12 bits per heavy atom. The van der Waals surface area contributed by atoms with Crippen LogP contribution in [0.2, 0.25) is 0 Å². The third-order valence-electron chi connectivity index (χ3n) is 3.16. The monoisotopic (exact) mass is 349 g/mol. The summed E-state index contributed by atoms with van der Waals surface area (Å²) < 4.78 is 1.30. The van der Waals surface area contributed by atoms with E-state index in [0.29, 0.717) is 11.4 Å². The van der Waals surface area contributed by atoms with Crippen molar-refractivity contribution in [1.82, 2.24) is 5.32 Å². The normalized spacial score (nSPS) is 25.6. The minimum Gasteiger partial charge on any atom is -0.310 e. The summed E-state index contributed by atoms with van der Waals surface area (Å²) in [5, 5.41) is 4.03. The Bertz CT molecular complexity index is 317. The maximum Gasteiger partial charge on any atom is 0.0337 e. The van der Waals surface area contributed by atoms with Gasteiger partial charge in [0.05, 0.1) is 0 Å². The molecule has 1 aliphatic rings. The average Bonchev–Trinajstić information content (AvgIpc) is 2.30. The second kappa shape index (κ2) is 6.22. The Morgan fingerprint density at radius 2 is 1.75 bits per heavy atom. The minimum absolute atomic E-state index is 0.413. The van der Waals surface area contributed by atoms with Gasteiger partial charge >= 0.3 is 0 Å². The molecule has 2 rings (SSSR count). The topological polar surface area (TPSA) is 12.0 Å². The van der Waals surface area contributed by atoms with E-state index >= 15 is 0 Å². The molecule has 3 heteroatoms. The van der Waals surface area contributed by atoms with E-state index in [2.05, 4.69) is 52.2 Å². The van der Waals surface area contributed by atoms with Crippen molar-refractivity contribution >= 4 is 34.2 Å². The van der Waals surface area contributed by atoms with Gasteiger partial charge < -0.3 is 5.32 Å². The highest BCUT2D eigenvalue weighted by Gasteiger charge is 2.18. The molecule has 0 bridgehead atoms. The molecular formula is C13H17ClIN. The molecule has 0 spiro atoms. The molecule has 1 aromatic carbocycles. The van der Waals surface area contributed by atoms with Crippen LogP contribution in [0.1, 0.15) is 31.2 Å². The summed E-state index contributed by atoms with van der Waals surface area (Å²) in [6, 6.07) is 9.37. The molecule has 0 radical (unpaired) electrons. The molecule has 0 aliphatic heterocycles. The first kappa shape index (κ1) is 12.7. The van der Waals surface area contributed by atoms with Crippen molar-refractivity contribution in [1.29, 1.82) is 0 Å². The van der Waals surface area contributed by atoms with Gasteiger partial charge in [-0.05, 0) is 66.0 Å². The molecule has 1 nitrogen and oxygen atoms in total. The lowest BCUT2D eigenvalue weighted by Gasteiger charge is -2.26. The van der Waals surface area contributed by atoms with E-state index < -0.39 is 0 Å². The van der Waals surface area contributed by atoms with Gasteiger partial charge in [0.15, 0.2) is 0 Å². The molecule has 16 heavy (non-hydrogen) atoms. The maximum atomic E-state index is 6.09. The van der Waals surface area contributed by atoms with Gasteiger partial charge in [-0.15, -0.1) is 11.6 Å². The number of nitrogens with one attached hydrogen (secondary N) is 1. The number of benzene rings is 1. The highest BCUT2D eigenvalue weighted by atomic mass is 127. The minimum atomic E-state index is 0.413. The summed E-state index contributed by atoms with van der Waals surface area (Å²) in [6.45, 7) is 0.981. The van der Waals surface area contributed by atoms with Crippen molar-refractivity contribution in [3.8, 4) is 0 Å². The van der Waals surface area contributed by atoms with Crippen LogP contribution >= 0.6 is 34.2 Å². The number of hydrogen-bond acceptors (Lipinski definition) is 1. The predicted octanol–water partition coefficient (Wildman–Crippen LogP) is 3.93. The van der Waals surface area contributed by atoms with Crippen LogP contribution < -0.4 is 5.32 Å².